The normalized spacial score (nSPS) is 17.3. The number of fused-ring (bicyclic) bond motifs is 1. The lowest BCUT2D eigenvalue weighted by Crippen LogP contribution is -2.46. The van der Waals surface area contributed by atoms with Crippen molar-refractivity contribution in [2.45, 2.75) is 26.0 Å². The van der Waals surface area contributed by atoms with Crippen LogP contribution in [0, 0.1) is 0 Å². The number of carbonyl (C=O) groups excluding carboxylic acids is 1. The van der Waals surface area contributed by atoms with Crippen LogP contribution in [0.2, 0.25) is 0 Å². The fraction of sp³-hybridized carbons (Fsp3) is 0.421. The number of nitrogens with one attached hydrogen (secondary N) is 1. The van der Waals surface area contributed by atoms with Gasteiger partial charge < -0.3 is 14.8 Å². The number of thiophene rings is 1. The molecule has 1 aliphatic heterocycles. The summed E-state index contributed by atoms with van der Waals surface area (Å²) in [6, 6.07) is 9.71. The van der Waals surface area contributed by atoms with Gasteiger partial charge in [0.05, 0.1) is 6.04 Å². The molecule has 0 radical (unpaired) electrons. The first kappa shape index (κ1) is 17.8. The number of likely N-dealkylation sites (N-methyl/N-ethyl adjacent to an activating group) is 1. The van der Waals surface area contributed by atoms with Crippen molar-refractivity contribution in [2.24, 2.45) is 0 Å². The molecule has 0 fully saturated rings. The minimum atomic E-state index is -0.616. The molecule has 2 heterocycles. The van der Waals surface area contributed by atoms with Crippen molar-refractivity contribution >= 4 is 17.2 Å². The molecule has 1 aromatic heterocycles. The third kappa shape index (κ3) is 4.14. The molecule has 0 unspecified atom stereocenters. The zero-order chi connectivity index (χ0) is 17.6. The summed E-state index contributed by atoms with van der Waals surface area (Å²) in [6.45, 7) is 6.93. The van der Waals surface area contributed by atoms with Crippen LogP contribution in [-0.4, -0.2) is 43.2 Å². The van der Waals surface area contributed by atoms with Crippen molar-refractivity contribution < 1.29 is 14.3 Å². The van der Waals surface area contributed by atoms with E-state index in [1.165, 1.54) is 5.56 Å². The number of hydrogen-bond acceptors (Lipinski definition) is 5. The van der Waals surface area contributed by atoms with Gasteiger partial charge in [-0.15, -0.1) is 0 Å². The highest BCUT2D eigenvalue weighted by molar-refractivity contribution is 7.07. The Bertz CT molecular complexity index is 686. The van der Waals surface area contributed by atoms with Crippen LogP contribution in [0.15, 0.2) is 41.1 Å². The Balaban J connectivity index is 1.62. The Labute approximate surface area is 152 Å². The third-order valence-electron chi connectivity index (χ3n) is 4.45. The molecule has 134 valence electrons. The molecular formula is C19H24N2O3S. The van der Waals surface area contributed by atoms with Crippen LogP contribution in [-0.2, 0) is 4.79 Å². The molecule has 0 saturated heterocycles. The lowest BCUT2D eigenvalue weighted by Gasteiger charge is -2.31. The maximum Gasteiger partial charge on any atom is 0.264 e. The number of ether oxygens (including phenoxy) is 2. The van der Waals surface area contributed by atoms with E-state index in [0.29, 0.717) is 18.0 Å². The predicted molar refractivity (Wildman–Crippen MR) is 99.3 cm³/mol. The van der Waals surface area contributed by atoms with E-state index in [-0.39, 0.29) is 18.6 Å². The van der Waals surface area contributed by atoms with Gasteiger partial charge in [-0.3, -0.25) is 9.69 Å². The van der Waals surface area contributed by atoms with Gasteiger partial charge in [-0.2, -0.15) is 11.3 Å². The van der Waals surface area contributed by atoms with Gasteiger partial charge in [0.1, 0.15) is 6.61 Å². The van der Waals surface area contributed by atoms with Crippen LogP contribution in [0.25, 0.3) is 0 Å². The van der Waals surface area contributed by atoms with Crippen molar-refractivity contribution in [1.29, 1.82) is 0 Å². The largest absolute Gasteiger partial charge is 0.485 e. The lowest BCUT2D eigenvalue weighted by molar-refractivity contribution is -0.130. The van der Waals surface area contributed by atoms with E-state index >= 15 is 0 Å². The summed E-state index contributed by atoms with van der Waals surface area (Å²) in [7, 11) is 0. The van der Waals surface area contributed by atoms with E-state index in [1.807, 2.05) is 24.3 Å². The number of amides is 1. The second-order valence-corrected chi connectivity index (χ2v) is 6.68. The van der Waals surface area contributed by atoms with Crippen LogP contribution in [0.4, 0.5) is 0 Å². The summed E-state index contributed by atoms with van der Waals surface area (Å²) < 4.78 is 11.4. The van der Waals surface area contributed by atoms with Crippen molar-refractivity contribution in [3.8, 4) is 11.5 Å². The SMILES string of the molecule is CCN(CC)[C@H](CNC(=O)[C@H]1COc2ccccc2O1)c1ccsc1. The second-order valence-electron chi connectivity index (χ2n) is 5.90. The topological polar surface area (TPSA) is 50.8 Å². The lowest BCUT2D eigenvalue weighted by atomic mass is 10.1. The third-order valence-corrected chi connectivity index (χ3v) is 5.15. The van der Waals surface area contributed by atoms with Crippen LogP contribution < -0.4 is 14.8 Å². The summed E-state index contributed by atoms with van der Waals surface area (Å²) in [5.41, 5.74) is 1.24. The van der Waals surface area contributed by atoms with Gasteiger partial charge in [0.15, 0.2) is 11.5 Å². The minimum Gasteiger partial charge on any atom is -0.485 e. The van der Waals surface area contributed by atoms with Gasteiger partial charge in [-0.1, -0.05) is 26.0 Å². The average Bonchev–Trinajstić information content (AvgIpc) is 3.18. The highest BCUT2D eigenvalue weighted by Gasteiger charge is 2.28. The van der Waals surface area contributed by atoms with Crippen molar-refractivity contribution in [3.63, 3.8) is 0 Å². The van der Waals surface area contributed by atoms with Crippen LogP contribution in [0.1, 0.15) is 25.5 Å². The van der Waals surface area contributed by atoms with Crippen LogP contribution >= 0.6 is 11.3 Å². The number of benzene rings is 1. The van der Waals surface area contributed by atoms with Crippen molar-refractivity contribution in [2.75, 3.05) is 26.2 Å². The number of hydrogen-bond donors (Lipinski definition) is 1. The van der Waals surface area contributed by atoms with E-state index in [9.17, 15) is 4.79 Å². The Morgan fingerprint density at radius 2 is 2.04 bits per heavy atom. The van der Waals surface area contributed by atoms with Crippen molar-refractivity contribution in [1.82, 2.24) is 10.2 Å². The molecule has 0 spiro atoms. The van der Waals surface area contributed by atoms with E-state index in [2.05, 4.69) is 40.9 Å². The van der Waals surface area contributed by atoms with E-state index in [1.54, 1.807) is 11.3 Å². The van der Waals surface area contributed by atoms with Gasteiger partial charge >= 0.3 is 0 Å². The first-order valence-electron chi connectivity index (χ1n) is 8.65. The summed E-state index contributed by atoms with van der Waals surface area (Å²) in [6.07, 6.45) is -0.616. The Morgan fingerprint density at radius 1 is 1.28 bits per heavy atom. The van der Waals surface area contributed by atoms with E-state index in [0.717, 1.165) is 13.1 Å². The molecule has 1 aromatic carbocycles. The highest BCUT2D eigenvalue weighted by Crippen LogP contribution is 2.31. The second kappa shape index (κ2) is 8.36. The summed E-state index contributed by atoms with van der Waals surface area (Å²) in [4.78, 5) is 14.9. The fourth-order valence-corrected chi connectivity index (χ4v) is 3.75. The Hall–Kier alpha value is -2.05. The summed E-state index contributed by atoms with van der Waals surface area (Å²) in [5.74, 6) is 1.17. The monoisotopic (exact) mass is 360 g/mol. The minimum absolute atomic E-state index is 0.137. The van der Waals surface area contributed by atoms with Gasteiger partial charge in [-0.05, 0) is 47.6 Å². The van der Waals surface area contributed by atoms with E-state index < -0.39 is 6.10 Å². The number of carbonyl (C=O) groups is 1. The van der Waals surface area contributed by atoms with Gasteiger partial charge in [0, 0.05) is 6.54 Å². The average molecular weight is 360 g/mol. The first-order chi connectivity index (χ1) is 12.2. The molecule has 2 aromatic rings. The van der Waals surface area contributed by atoms with Gasteiger partial charge in [-0.25, -0.2) is 0 Å². The molecular weight excluding hydrogens is 336 g/mol. The molecule has 6 heteroatoms. The predicted octanol–water partition coefficient (Wildman–Crippen LogP) is 3.09. The maximum atomic E-state index is 12.5. The van der Waals surface area contributed by atoms with Crippen LogP contribution in [0.5, 0.6) is 11.5 Å². The molecule has 3 rings (SSSR count). The number of nitrogens with zero attached hydrogens (tertiary/aromatic N) is 1. The van der Waals surface area contributed by atoms with Gasteiger partial charge in [0.2, 0.25) is 6.10 Å². The molecule has 0 saturated carbocycles. The fourth-order valence-electron chi connectivity index (χ4n) is 3.05. The molecule has 25 heavy (non-hydrogen) atoms. The molecule has 0 aliphatic carbocycles. The number of para-hydroxylation sites is 2. The first-order valence-corrected chi connectivity index (χ1v) is 9.59. The highest BCUT2D eigenvalue weighted by atomic mass is 32.1. The Morgan fingerprint density at radius 3 is 2.72 bits per heavy atom. The van der Waals surface area contributed by atoms with Crippen LogP contribution in [0.3, 0.4) is 0 Å². The van der Waals surface area contributed by atoms with Gasteiger partial charge in [0.25, 0.3) is 5.91 Å². The molecule has 0 bridgehead atoms. The van der Waals surface area contributed by atoms with E-state index in [4.69, 9.17) is 9.47 Å². The quantitative estimate of drug-likeness (QED) is 0.824. The smallest absolute Gasteiger partial charge is 0.264 e. The summed E-state index contributed by atoms with van der Waals surface area (Å²) in [5, 5.41) is 7.26. The molecule has 1 N–H and O–H groups in total. The standard InChI is InChI=1S/C19H24N2O3S/c1-3-21(4-2)15(14-9-10-25-13-14)11-20-19(22)18-12-23-16-7-5-6-8-17(16)24-18/h5-10,13,15,18H,3-4,11-12H2,1-2H3,(H,20,22)/t15-,18-/m1/s1. The Kier molecular flexibility index (Phi) is 5.94. The van der Waals surface area contributed by atoms with Crippen molar-refractivity contribution in [3.05, 3.63) is 46.7 Å². The zero-order valence-corrected chi connectivity index (χ0v) is 15.4. The molecule has 2 atom stereocenters. The summed E-state index contributed by atoms with van der Waals surface area (Å²) >= 11 is 1.68. The molecule has 1 amide bonds. The maximum absolute atomic E-state index is 12.5. The molecule has 1 aliphatic rings. The number of rotatable bonds is 7. The zero-order valence-electron chi connectivity index (χ0n) is 14.6. The molecule has 5 nitrogen and oxygen atoms in total.